The maximum absolute atomic E-state index is 12.0. The Balaban J connectivity index is 1.69. The van der Waals surface area contributed by atoms with Crippen molar-refractivity contribution in [3.8, 4) is 0 Å². The molecule has 1 heterocycles. The third-order valence-electron chi connectivity index (χ3n) is 3.58. The molecule has 5 nitrogen and oxygen atoms in total. The Kier molecular flexibility index (Phi) is 5.59. The quantitative estimate of drug-likeness (QED) is 0.637. The molecule has 0 bridgehead atoms. The third-order valence-corrected chi connectivity index (χ3v) is 3.58. The minimum atomic E-state index is -0.0639. The first-order valence-corrected chi connectivity index (χ1v) is 7.56. The fourth-order valence-corrected chi connectivity index (χ4v) is 2.75. The van der Waals surface area contributed by atoms with E-state index in [0.717, 1.165) is 26.1 Å². The summed E-state index contributed by atoms with van der Waals surface area (Å²) in [6.45, 7) is 7.79. The lowest BCUT2D eigenvalue weighted by atomic mass is 10.2. The molecule has 0 spiro atoms. The van der Waals surface area contributed by atoms with E-state index >= 15 is 0 Å². The van der Waals surface area contributed by atoms with Crippen LogP contribution in [-0.4, -0.2) is 49.2 Å². The van der Waals surface area contributed by atoms with Crippen molar-refractivity contribution in [3.05, 3.63) is 29.8 Å². The first-order chi connectivity index (χ1) is 10.0. The van der Waals surface area contributed by atoms with Gasteiger partial charge in [-0.2, -0.15) is 0 Å². The molecule has 1 aliphatic rings. The number of hydrogen-bond acceptors (Lipinski definition) is 4. The van der Waals surface area contributed by atoms with Crippen LogP contribution in [-0.2, 0) is 4.74 Å². The average molecular weight is 291 g/mol. The number of carbonyl (C=O) groups excluding carboxylic acids is 1. The number of benzene rings is 1. The Labute approximate surface area is 126 Å². The summed E-state index contributed by atoms with van der Waals surface area (Å²) in [6, 6.07) is 7.04. The summed E-state index contributed by atoms with van der Waals surface area (Å²) in [4.78, 5) is 14.3. The molecule has 0 aromatic heterocycles. The second kappa shape index (κ2) is 7.43. The number of nitrogens with two attached hydrogens (primary N) is 1. The van der Waals surface area contributed by atoms with E-state index in [-0.39, 0.29) is 18.1 Å². The van der Waals surface area contributed by atoms with Crippen LogP contribution >= 0.6 is 0 Å². The van der Waals surface area contributed by atoms with Crippen molar-refractivity contribution in [3.63, 3.8) is 0 Å². The topological polar surface area (TPSA) is 67.6 Å². The van der Waals surface area contributed by atoms with E-state index in [2.05, 4.69) is 24.1 Å². The zero-order chi connectivity index (χ0) is 15.2. The van der Waals surface area contributed by atoms with Gasteiger partial charge >= 0.3 is 0 Å². The Morgan fingerprint density at radius 2 is 2.10 bits per heavy atom. The minimum absolute atomic E-state index is 0.0639. The molecule has 0 radical (unpaired) electrons. The summed E-state index contributed by atoms with van der Waals surface area (Å²) < 4.78 is 5.71. The lowest BCUT2D eigenvalue weighted by Crippen LogP contribution is -2.46. The molecular formula is C16H25N3O2. The predicted octanol–water partition coefficient (Wildman–Crippen LogP) is 1.50. The van der Waals surface area contributed by atoms with Crippen LogP contribution in [0.3, 0.4) is 0 Å². The first kappa shape index (κ1) is 15.8. The zero-order valence-electron chi connectivity index (χ0n) is 12.8. The van der Waals surface area contributed by atoms with Gasteiger partial charge in [0.1, 0.15) is 0 Å². The molecule has 1 saturated heterocycles. The number of anilines is 1. The fraction of sp³-hybridized carbons (Fsp3) is 0.562. The summed E-state index contributed by atoms with van der Waals surface area (Å²) in [7, 11) is 0. The van der Waals surface area contributed by atoms with Gasteiger partial charge in [0.15, 0.2) is 0 Å². The Morgan fingerprint density at radius 1 is 1.38 bits per heavy atom. The highest BCUT2D eigenvalue weighted by Crippen LogP contribution is 2.10. The molecule has 1 aliphatic heterocycles. The highest BCUT2D eigenvalue weighted by atomic mass is 16.5. The van der Waals surface area contributed by atoms with Crippen molar-refractivity contribution in [2.24, 2.45) is 0 Å². The molecule has 2 rings (SSSR count). The molecule has 1 amide bonds. The van der Waals surface area contributed by atoms with Gasteiger partial charge in [0.05, 0.1) is 12.2 Å². The molecular weight excluding hydrogens is 266 g/mol. The number of nitrogen functional groups attached to an aromatic ring is 1. The van der Waals surface area contributed by atoms with Gasteiger partial charge in [-0.25, -0.2) is 0 Å². The van der Waals surface area contributed by atoms with Crippen LogP contribution in [0.5, 0.6) is 0 Å². The van der Waals surface area contributed by atoms with E-state index in [4.69, 9.17) is 10.5 Å². The number of nitrogens with zero attached hydrogens (tertiary/aromatic N) is 1. The molecule has 2 unspecified atom stereocenters. The van der Waals surface area contributed by atoms with E-state index in [1.54, 1.807) is 24.3 Å². The second-order valence-corrected chi connectivity index (χ2v) is 5.75. The van der Waals surface area contributed by atoms with Crippen LogP contribution in [0.25, 0.3) is 0 Å². The number of rotatable bonds is 5. The van der Waals surface area contributed by atoms with Gasteiger partial charge in [0.2, 0.25) is 0 Å². The van der Waals surface area contributed by atoms with Crippen molar-refractivity contribution in [1.29, 1.82) is 0 Å². The zero-order valence-corrected chi connectivity index (χ0v) is 12.8. The van der Waals surface area contributed by atoms with Crippen molar-refractivity contribution in [2.75, 3.05) is 31.9 Å². The average Bonchev–Trinajstić information content (AvgIpc) is 2.42. The Hall–Kier alpha value is -1.59. The third kappa shape index (κ3) is 5.02. The van der Waals surface area contributed by atoms with Gasteiger partial charge in [0, 0.05) is 37.4 Å². The van der Waals surface area contributed by atoms with Crippen LogP contribution in [0.2, 0.25) is 0 Å². The van der Waals surface area contributed by atoms with Gasteiger partial charge in [-0.3, -0.25) is 9.69 Å². The van der Waals surface area contributed by atoms with Gasteiger partial charge < -0.3 is 15.8 Å². The summed E-state index contributed by atoms with van der Waals surface area (Å²) in [5.41, 5.74) is 6.90. The number of morpholine rings is 1. The van der Waals surface area contributed by atoms with Crippen LogP contribution in [0.15, 0.2) is 24.3 Å². The summed E-state index contributed by atoms with van der Waals surface area (Å²) in [5, 5.41) is 2.94. The first-order valence-electron chi connectivity index (χ1n) is 7.56. The molecule has 5 heteroatoms. The predicted molar refractivity (Wildman–Crippen MR) is 84.3 cm³/mol. The number of carbonyl (C=O) groups is 1. The molecule has 0 saturated carbocycles. The minimum Gasteiger partial charge on any atom is -0.399 e. The second-order valence-electron chi connectivity index (χ2n) is 5.75. The lowest BCUT2D eigenvalue weighted by molar-refractivity contribution is -0.0679. The summed E-state index contributed by atoms with van der Waals surface area (Å²) in [6.07, 6.45) is 1.51. The smallest absolute Gasteiger partial charge is 0.251 e. The molecule has 116 valence electrons. The maximum Gasteiger partial charge on any atom is 0.251 e. The highest BCUT2D eigenvalue weighted by molar-refractivity contribution is 5.94. The monoisotopic (exact) mass is 291 g/mol. The highest BCUT2D eigenvalue weighted by Gasteiger charge is 2.21. The molecule has 3 N–H and O–H groups in total. The fourth-order valence-electron chi connectivity index (χ4n) is 2.75. The van der Waals surface area contributed by atoms with Crippen LogP contribution < -0.4 is 11.1 Å². The number of nitrogens with one attached hydrogen (secondary N) is 1. The van der Waals surface area contributed by atoms with E-state index < -0.39 is 0 Å². The van der Waals surface area contributed by atoms with E-state index in [0.29, 0.717) is 17.8 Å². The maximum atomic E-state index is 12.0. The SMILES string of the molecule is CC1CN(CCCNC(=O)c2cccc(N)c2)CC(C)O1. The molecule has 2 atom stereocenters. The van der Waals surface area contributed by atoms with Crippen LogP contribution in [0.1, 0.15) is 30.6 Å². The van der Waals surface area contributed by atoms with Crippen molar-refractivity contribution < 1.29 is 9.53 Å². The van der Waals surface area contributed by atoms with Gasteiger partial charge in [0.25, 0.3) is 5.91 Å². The molecule has 1 aromatic carbocycles. The number of ether oxygens (including phenoxy) is 1. The normalized spacial score (nSPS) is 23.0. The molecule has 1 fully saturated rings. The van der Waals surface area contributed by atoms with Crippen LogP contribution in [0, 0.1) is 0 Å². The largest absolute Gasteiger partial charge is 0.399 e. The molecule has 0 aliphatic carbocycles. The standard InChI is InChI=1S/C16H25N3O2/c1-12-10-19(11-13(2)21-12)8-4-7-18-16(20)14-5-3-6-15(17)9-14/h3,5-6,9,12-13H,4,7-8,10-11,17H2,1-2H3,(H,18,20). The Bertz CT molecular complexity index is 468. The summed E-state index contributed by atoms with van der Waals surface area (Å²) in [5.74, 6) is -0.0639. The van der Waals surface area contributed by atoms with E-state index in [1.807, 2.05) is 0 Å². The molecule has 1 aromatic rings. The Morgan fingerprint density at radius 3 is 2.76 bits per heavy atom. The van der Waals surface area contributed by atoms with Crippen molar-refractivity contribution in [2.45, 2.75) is 32.5 Å². The lowest BCUT2D eigenvalue weighted by Gasteiger charge is -2.35. The number of hydrogen-bond donors (Lipinski definition) is 2. The van der Waals surface area contributed by atoms with E-state index in [1.165, 1.54) is 0 Å². The van der Waals surface area contributed by atoms with Gasteiger partial charge in [-0.05, 0) is 38.5 Å². The van der Waals surface area contributed by atoms with Crippen molar-refractivity contribution in [1.82, 2.24) is 10.2 Å². The van der Waals surface area contributed by atoms with Crippen molar-refractivity contribution >= 4 is 11.6 Å². The summed E-state index contributed by atoms with van der Waals surface area (Å²) >= 11 is 0. The number of amides is 1. The van der Waals surface area contributed by atoms with E-state index in [9.17, 15) is 4.79 Å². The van der Waals surface area contributed by atoms with Gasteiger partial charge in [-0.1, -0.05) is 6.07 Å². The van der Waals surface area contributed by atoms with Crippen LogP contribution in [0.4, 0.5) is 5.69 Å². The van der Waals surface area contributed by atoms with Gasteiger partial charge in [-0.15, -0.1) is 0 Å². The molecule has 21 heavy (non-hydrogen) atoms.